The van der Waals surface area contributed by atoms with Crippen LogP contribution in [0.3, 0.4) is 0 Å². The molecule has 0 saturated carbocycles. The molecule has 2 aromatic rings. The molecule has 2 rings (SSSR count). The van der Waals surface area contributed by atoms with Crippen molar-refractivity contribution >= 4 is 12.0 Å². The first-order chi connectivity index (χ1) is 8.11. The quantitative estimate of drug-likeness (QED) is 0.758. The lowest BCUT2D eigenvalue weighted by Crippen LogP contribution is -2.10. The standard InChI is InChI=1S/C14H15NO2/c1-10-4-5-11(8-13(10)15(2)3)14-7-6-12(9-16)17-14/h4-9H,1-3H3. The van der Waals surface area contributed by atoms with Crippen molar-refractivity contribution in [2.45, 2.75) is 6.92 Å². The molecule has 1 heterocycles. The van der Waals surface area contributed by atoms with Gasteiger partial charge in [-0.1, -0.05) is 12.1 Å². The van der Waals surface area contributed by atoms with Gasteiger partial charge in [-0.25, -0.2) is 0 Å². The number of anilines is 1. The fourth-order valence-corrected chi connectivity index (χ4v) is 1.82. The molecule has 0 saturated heterocycles. The Kier molecular flexibility index (Phi) is 3.00. The van der Waals surface area contributed by atoms with Crippen molar-refractivity contribution in [3.05, 3.63) is 41.7 Å². The number of benzene rings is 1. The third-order valence-electron chi connectivity index (χ3n) is 2.72. The van der Waals surface area contributed by atoms with Crippen molar-refractivity contribution < 1.29 is 9.21 Å². The Morgan fingerprint density at radius 2 is 1.94 bits per heavy atom. The molecular formula is C14H15NO2. The van der Waals surface area contributed by atoms with Crippen LogP contribution in [-0.4, -0.2) is 20.4 Å². The third-order valence-corrected chi connectivity index (χ3v) is 2.72. The molecule has 17 heavy (non-hydrogen) atoms. The highest BCUT2D eigenvalue weighted by Crippen LogP contribution is 2.27. The fourth-order valence-electron chi connectivity index (χ4n) is 1.82. The van der Waals surface area contributed by atoms with Crippen molar-refractivity contribution in [3.63, 3.8) is 0 Å². The van der Waals surface area contributed by atoms with Gasteiger partial charge in [0.25, 0.3) is 0 Å². The second kappa shape index (κ2) is 4.45. The van der Waals surface area contributed by atoms with Gasteiger partial charge in [0.15, 0.2) is 12.0 Å². The molecule has 0 bridgehead atoms. The Balaban J connectivity index is 2.45. The molecule has 0 aliphatic carbocycles. The zero-order chi connectivity index (χ0) is 12.4. The lowest BCUT2D eigenvalue weighted by atomic mass is 10.1. The van der Waals surface area contributed by atoms with E-state index in [2.05, 4.69) is 17.9 Å². The highest BCUT2D eigenvalue weighted by molar-refractivity contribution is 5.74. The molecule has 0 N–H and O–H groups in total. The smallest absolute Gasteiger partial charge is 0.185 e. The number of nitrogens with zero attached hydrogens (tertiary/aromatic N) is 1. The van der Waals surface area contributed by atoms with Gasteiger partial charge in [-0.2, -0.15) is 0 Å². The highest BCUT2D eigenvalue weighted by Gasteiger charge is 2.07. The number of hydrogen-bond acceptors (Lipinski definition) is 3. The van der Waals surface area contributed by atoms with E-state index in [1.165, 1.54) is 5.56 Å². The predicted molar refractivity (Wildman–Crippen MR) is 68.6 cm³/mol. The molecule has 1 aromatic carbocycles. The number of furan rings is 1. The Morgan fingerprint density at radius 1 is 1.18 bits per heavy atom. The first kappa shape index (κ1) is 11.5. The van der Waals surface area contributed by atoms with Crippen LogP contribution in [0.15, 0.2) is 34.7 Å². The van der Waals surface area contributed by atoms with Gasteiger partial charge in [0, 0.05) is 25.3 Å². The minimum Gasteiger partial charge on any atom is -0.453 e. The van der Waals surface area contributed by atoms with E-state index in [0.717, 1.165) is 17.0 Å². The van der Waals surface area contributed by atoms with E-state index >= 15 is 0 Å². The number of rotatable bonds is 3. The van der Waals surface area contributed by atoms with Crippen molar-refractivity contribution in [3.8, 4) is 11.3 Å². The van der Waals surface area contributed by atoms with E-state index in [1.807, 2.05) is 32.3 Å². The average molecular weight is 229 g/mol. The largest absolute Gasteiger partial charge is 0.453 e. The number of carbonyl (C=O) groups is 1. The zero-order valence-electron chi connectivity index (χ0n) is 10.2. The van der Waals surface area contributed by atoms with Gasteiger partial charge < -0.3 is 9.32 Å². The van der Waals surface area contributed by atoms with E-state index in [9.17, 15) is 4.79 Å². The van der Waals surface area contributed by atoms with Crippen LogP contribution in [0.5, 0.6) is 0 Å². The van der Waals surface area contributed by atoms with Crippen molar-refractivity contribution in [2.24, 2.45) is 0 Å². The molecule has 0 unspecified atom stereocenters. The summed E-state index contributed by atoms with van der Waals surface area (Å²) in [7, 11) is 4.01. The Hall–Kier alpha value is -2.03. The van der Waals surface area contributed by atoms with Crippen LogP contribution >= 0.6 is 0 Å². The van der Waals surface area contributed by atoms with Gasteiger partial charge in [-0.05, 0) is 30.7 Å². The van der Waals surface area contributed by atoms with Crippen molar-refractivity contribution in [1.29, 1.82) is 0 Å². The normalized spacial score (nSPS) is 10.3. The summed E-state index contributed by atoms with van der Waals surface area (Å²) in [5.74, 6) is 1.07. The number of hydrogen-bond donors (Lipinski definition) is 0. The topological polar surface area (TPSA) is 33.5 Å². The van der Waals surface area contributed by atoms with E-state index in [1.54, 1.807) is 6.07 Å². The molecule has 3 nitrogen and oxygen atoms in total. The van der Waals surface area contributed by atoms with Gasteiger partial charge >= 0.3 is 0 Å². The number of aldehydes is 1. The fraction of sp³-hybridized carbons (Fsp3) is 0.214. The van der Waals surface area contributed by atoms with Crippen LogP contribution in [0.4, 0.5) is 5.69 Å². The molecule has 0 amide bonds. The number of aryl methyl sites for hydroxylation is 1. The lowest BCUT2D eigenvalue weighted by Gasteiger charge is -2.16. The lowest BCUT2D eigenvalue weighted by molar-refractivity contribution is 0.110. The van der Waals surface area contributed by atoms with E-state index < -0.39 is 0 Å². The first-order valence-electron chi connectivity index (χ1n) is 5.45. The maximum Gasteiger partial charge on any atom is 0.185 e. The first-order valence-corrected chi connectivity index (χ1v) is 5.45. The maximum atomic E-state index is 10.6. The Bertz CT molecular complexity index is 541. The zero-order valence-corrected chi connectivity index (χ0v) is 10.2. The van der Waals surface area contributed by atoms with Crippen LogP contribution in [0.1, 0.15) is 16.1 Å². The van der Waals surface area contributed by atoms with Crippen LogP contribution in [-0.2, 0) is 0 Å². The summed E-state index contributed by atoms with van der Waals surface area (Å²) >= 11 is 0. The summed E-state index contributed by atoms with van der Waals surface area (Å²) in [4.78, 5) is 12.6. The molecular weight excluding hydrogens is 214 g/mol. The van der Waals surface area contributed by atoms with Crippen LogP contribution in [0.2, 0.25) is 0 Å². The molecule has 0 aliphatic heterocycles. The molecule has 0 spiro atoms. The van der Waals surface area contributed by atoms with Crippen molar-refractivity contribution in [2.75, 3.05) is 19.0 Å². The monoisotopic (exact) mass is 229 g/mol. The van der Waals surface area contributed by atoms with Gasteiger partial charge in [0.2, 0.25) is 0 Å². The molecule has 88 valence electrons. The van der Waals surface area contributed by atoms with Gasteiger partial charge in [0.1, 0.15) is 5.76 Å². The van der Waals surface area contributed by atoms with Gasteiger partial charge in [-0.15, -0.1) is 0 Å². The molecule has 3 heteroatoms. The highest BCUT2D eigenvalue weighted by atomic mass is 16.3. The molecule has 0 fully saturated rings. The van der Waals surface area contributed by atoms with E-state index in [4.69, 9.17) is 4.42 Å². The molecule has 1 aromatic heterocycles. The summed E-state index contributed by atoms with van der Waals surface area (Å²) < 4.78 is 5.41. The summed E-state index contributed by atoms with van der Waals surface area (Å²) in [5.41, 5.74) is 3.33. The predicted octanol–water partition coefficient (Wildman–Crippen LogP) is 3.13. The molecule has 0 atom stereocenters. The molecule has 0 aliphatic rings. The van der Waals surface area contributed by atoms with Gasteiger partial charge in [0.05, 0.1) is 0 Å². The third kappa shape index (κ3) is 2.23. The van der Waals surface area contributed by atoms with Crippen LogP contribution < -0.4 is 4.90 Å². The summed E-state index contributed by atoms with van der Waals surface area (Å²) in [6.45, 7) is 2.07. The average Bonchev–Trinajstić information content (AvgIpc) is 2.78. The minimum atomic E-state index is 0.354. The Labute approximate surface area is 101 Å². The van der Waals surface area contributed by atoms with E-state index in [-0.39, 0.29) is 0 Å². The van der Waals surface area contributed by atoms with Crippen LogP contribution in [0.25, 0.3) is 11.3 Å². The van der Waals surface area contributed by atoms with Crippen molar-refractivity contribution in [1.82, 2.24) is 0 Å². The second-order valence-electron chi connectivity index (χ2n) is 4.22. The SMILES string of the molecule is Cc1ccc(-c2ccc(C=O)o2)cc1N(C)C. The summed E-state index contributed by atoms with van der Waals surface area (Å²) in [6, 6.07) is 9.59. The summed E-state index contributed by atoms with van der Waals surface area (Å²) in [6.07, 6.45) is 0.713. The molecule has 0 radical (unpaired) electrons. The van der Waals surface area contributed by atoms with E-state index in [0.29, 0.717) is 12.0 Å². The van der Waals surface area contributed by atoms with Crippen LogP contribution in [0, 0.1) is 6.92 Å². The number of carbonyl (C=O) groups excluding carboxylic acids is 1. The minimum absolute atomic E-state index is 0.354. The summed E-state index contributed by atoms with van der Waals surface area (Å²) in [5, 5.41) is 0. The van der Waals surface area contributed by atoms with Gasteiger partial charge in [-0.3, -0.25) is 4.79 Å². The second-order valence-corrected chi connectivity index (χ2v) is 4.22. The maximum absolute atomic E-state index is 10.6. The Morgan fingerprint density at radius 3 is 2.53 bits per heavy atom.